The average molecular weight is 568 g/mol. The van der Waals surface area contributed by atoms with Crippen LogP contribution in [0.3, 0.4) is 0 Å². The molecule has 1 amide bonds. The molecule has 0 fully saturated rings. The SMILES string of the molecule is O=C(Nc1cn2cc(C#Cc3cnc(Nc4ccc(S(=O)(=O)C5C=CNCC5)cc4)nc3)ccc2n1)C(F)(F)F. The highest BCUT2D eigenvalue weighted by Gasteiger charge is 2.39. The van der Waals surface area contributed by atoms with Crippen LogP contribution >= 0.6 is 0 Å². The second kappa shape index (κ2) is 10.7. The van der Waals surface area contributed by atoms with E-state index in [0.29, 0.717) is 35.4 Å². The summed E-state index contributed by atoms with van der Waals surface area (Å²) in [5, 5.41) is 7.15. The molecule has 0 aliphatic carbocycles. The van der Waals surface area contributed by atoms with E-state index in [-0.39, 0.29) is 16.7 Å². The molecule has 1 atom stereocenters. The lowest BCUT2D eigenvalue weighted by Crippen LogP contribution is -2.30. The number of fused-ring (bicyclic) bond motifs is 1. The van der Waals surface area contributed by atoms with Gasteiger partial charge < -0.3 is 20.4 Å². The number of alkyl halides is 3. The summed E-state index contributed by atoms with van der Waals surface area (Å²) in [6.07, 6.45) is 4.62. The molecule has 0 spiro atoms. The van der Waals surface area contributed by atoms with E-state index >= 15 is 0 Å². The van der Waals surface area contributed by atoms with Crippen LogP contribution in [-0.2, 0) is 14.6 Å². The number of nitrogens with zero attached hydrogens (tertiary/aromatic N) is 4. The summed E-state index contributed by atoms with van der Waals surface area (Å²) in [6.45, 7) is 0.605. The van der Waals surface area contributed by atoms with Crippen molar-refractivity contribution in [2.24, 2.45) is 0 Å². The molecule has 0 saturated heterocycles. The molecule has 10 nitrogen and oxygen atoms in total. The lowest BCUT2D eigenvalue weighted by atomic mass is 10.2. The van der Waals surface area contributed by atoms with Crippen molar-refractivity contribution in [3.8, 4) is 11.8 Å². The summed E-state index contributed by atoms with van der Waals surface area (Å²) in [5.74, 6) is 3.75. The van der Waals surface area contributed by atoms with Crippen LogP contribution in [-0.4, -0.2) is 51.6 Å². The average Bonchev–Trinajstić information content (AvgIpc) is 3.34. The van der Waals surface area contributed by atoms with E-state index in [1.165, 1.54) is 35.1 Å². The van der Waals surface area contributed by atoms with Crippen molar-refractivity contribution in [1.29, 1.82) is 0 Å². The maximum atomic E-state index is 12.8. The van der Waals surface area contributed by atoms with Gasteiger partial charge in [-0.25, -0.2) is 23.4 Å². The van der Waals surface area contributed by atoms with Crippen LogP contribution < -0.4 is 16.0 Å². The van der Waals surface area contributed by atoms with Crippen LogP contribution in [0.1, 0.15) is 17.5 Å². The number of nitrogens with one attached hydrogen (secondary N) is 3. The molecule has 3 aromatic heterocycles. The smallest absolute Gasteiger partial charge is 0.391 e. The number of benzene rings is 1. The number of imidazole rings is 1. The summed E-state index contributed by atoms with van der Waals surface area (Å²) in [5.41, 5.74) is 1.98. The molecule has 1 aromatic carbocycles. The fourth-order valence-electron chi connectivity index (χ4n) is 3.79. The van der Waals surface area contributed by atoms with Crippen LogP contribution in [0.5, 0.6) is 0 Å². The van der Waals surface area contributed by atoms with Gasteiger partial charge >= 0.3 is 12.1 Å². The van der Waals surface area contributed by atoms with Crippen LogP contribution in [0.2, 0.25) is 0 Å². The first-order chi connectivity index (χ1) is 19.1. The predicted molar refractivity (Wildman–Crippen MR) is 140 cm³/mol. The number of pyridine rings is 1. The highest BCUT2D eigenvalue weighted by atomic mass is 32.2. The predicted octanol–water partition coefficient (Wildman–Crippen LogP) is 3.42. The number of hydrogen-bond donors (Lipinski definition) is 3. The Kier molecular flexibility index (Phi) is 7.14. The molecule has 204 valence electrons. The highest BCUT2D eigenvalue weighted by Crippen LogP contribution is 2.23. The molecule has 5 rings (SSSR count). The second-order valence-electron chi connectivity index (χ2n) is 8.64. The molecule has 0 saturated carbocycles. The Morgan fingerprint density at radius 1 is 1.02 bits per heavy atom. The minimum Gasteiger partial charge on any atom is -0.391 e. The minimum absolute atomic E-state index is 0.234. The van der Waals surface area contributed by atoms with Crippen molar-refractivity contribution in [2.75, 3.05) is 17.2 Å². The number of amides is 1. The molecule has 4 heterocycles. The van der Waals surface area contributed by atoms with Crippen molar-refractivity contribution in [3.05, 3.63) is 84.6 Å². The molecule has 3 N–H and O–H groups in total. The third-order valence-corrected chi connectivity index (χ3v) is 7.91. The maximum Gasteiger partial charge on any atom is 0.471 e. The van der Waals surface area contributed by atoms with E-state index in [9.17, 15) is 26.4 Å². The van der Waals surface area contributed by atoms with Crippen LogP contribution in [0.4, 0.5) is 30.6 Å². The Hall–Kier alpha value is -4.90. The fourth-order valence-corrected chi connectivity index (χ4v) is 5.36. The highest BCUT2D eigenvalue weighted by molar-refractivity contribution is 7.92. The number of anilines is 3. The Morgan fingerprint density at radius 2 is 1.75 bits per heavy atom. The molecular formula is C26H20F3N7O3S. The summed E-state index contributed by atoms with van der Waals surface area (Å²) < 4.78 is 64.4. The third kappa shape index (κ3) is 6.05. The van der Waals surface area contributed by atoms with Crippen LogP contribution in [0.15, 0.2) is 78.4 Å². The summed E-state index contributed by atoms with van der Waals surface area (Å²) in [4.78, 5) is 23.7. The number of sulfone groups is 1. The van der Waals surface area contributed by atoms with Crippen molar-refractivity contribution in [1.82, 2.24) is 24.7 Å². The molecule has 4 aromatic rings. The maximum absolute atomic E-state index is 12.8. The molecule has 1 unspecified atom stereocenters. The fraction of sp³-hybridized carbons (Fsp3) is 0.154. The van der Waals surface area contributed by atoms with E-state index in [1.54, 1.807) is 48.1 Å². The van der Waals surface area contributed by atoms with Gasteiger partial charge in [0, 0.05) is 36.4 Å². The quantitative estimate of drug-likeness (QED) is 0.313. The Morgan fingerprint density at radius 3 is 2.42 bits per heavy atom. The van der Waals surface area contributed by atoms with E-state index in [0.717, 1.165) is 0 Å². The van der Waals surface area contributed by atoms with Crippen LogP contribution in [0.25, 0.3) is 5.65 Å². The van der Waals surface area contributed by atoms with Crippen LogP contribution in [0, 0.1) is 11.8 Å². The summed E-state index contributed by atoms with van der Waals surface area (Å²) >= 11 is 0. The van der Waals surface area contributed by atoms with E-state index < -0.39 is 27.2 Å². The van der Waals surface area contributed by atoms with Crippen molar-refractivity contribution in [2.45, 2.75) is 22.7 Å². The standard InChI is InChI=1S/C26H20F3N7O3S/c27-26(28,29)24(37)35-22-16-36-15-17(3-8-23(36)34-22)1-2-18-13-31-25(32-14-18)33-19-4-6-20(7-5-19)40(38,39)21-9-11-30-12-10-21/h3-9,11,13-16,21,30H,10,12H2,(H,35,37)(H,31,32,33). The molecule has 1 aliphatic heterocycles. The van der Waals surface area contributed by atoms with Gasteiger partial charge in [-0.3, -0.25) is 4.79 Å². The Labute approximate surface area is 226 Å². The first-order valence-corrected chi connectivity index (χ1v) is 13.3. The van der Waals surface area contributed by atoms with Gasteiger partial charge in [-0.2, -0.15) is 13.2 Å². The van der Waals surface area contributed by atoms with Gasteiger partial charge in [0.25, 0.3) is 0 Å². The molecule has 40 heavy (non-hydrogen) atoms. The van der Waals surface area contributed by atoms with E-state index in [4.69, 9.17) is 0 Å². The minimum atomic E-state index is -5.02. The summed E-state index contributed by atoms with van der Waals surface area (Å²) in [7, 11) is -3.47. The molecular weight excluding hydrogens is 547 g/mol. The van der Waals surface area contributed by atoms with Gasteiger partial charge in [-0.05, 0) is 49.0 Å². The number of carbonyl (C=O) groups is 1. The van der Waals surface area contributed by atoms with Gasteiger partial charge in [0.05, 0.1) is 21.9 Å². The zero-order valence-corrected chi connectivity index (χ0v) is 21.3. The largest absolute Gasteiger partial charge is 0.471 e. The normalized spacial score (nSPS) is 15.1. The van der Waals surface area contributed by atoms with Gasteiger partial charge in [0.15, 0.2) is 15.7 Å². The molecule has 1 aliphatic rings. The topological polar surface area (TPSA) is 130 Å². The Balaban J connectivity index is 1.23. The molecule has 14 heteroatoms. The van der Waals surface area contributed by atoms with Gasteiger partial charge in [-0.15, -0.1) is 0 Å². The number of halogens is 3. The first-order valence-electron chi connectivity index (χ1n) is 11.8. The third-order valence-electron chi connectivity index (χ3n) is 5.79. The molecule has 0 radical (unpaired) electrons. The van der Waals surface area contributed by atoms with Gasteiger partial charge in [0.2, 0.25) is 5.95 Å². The lowest BCUT2D eigenvalue weighted by molar-refractivity contribution is -0.167. The second-order valence-corrected chi connectivity index (χ2v) is 10.8. The van der Waals surface area contributed by atoms with Gasteiger partial charge in [0.1, 0.15) is 5.65 Å². The van der Waals surface area contributed by atoms with E-state index in [2.05, 4.69) is 37.4 Å². The van der Waals surface area contributed by atoms with Crippen molar-refractivity contribution in [3.63, 3.8) is 0 Å². The number of aromatic nitrogens is 4. The Bertz CT molecular complexity index is 1760. The molecule has 0 bridgehead atoms. The van der Waals surface area contributed by atoms with E-state index in [1.807, 2.05) is 0 Å². The summed E-state index contributed by atoms with van der Waals surface area (Å²) in [6, 6.07) is 9.54. The zero-order valence-electron chi connectivity index (χ0n) is 20.5. The van der Waals surface area contributed by atoms with Crippen molar-refractivity contribution < 1.29 is 26.4 Å². The number of carbonyl (C=O) groups excluding carboxylic acids is 1. The zero-order chi connectivity index (χ0) is 28.3. The lowest BCUT2D eigenvalue weighted by Gasteiger charge is -2.18. The first kappa shape index (κ1) is 26.7. The number of rotatable bonds is 5. The van der Waals surface area contributed by atoms with Crippen molar-refractivity contribution >= 4 is 38.8 Å². The van der Waals surface area contributed by atoms with Gasteiger partial charge in [-0.1, -0.05) is 17.9 Å². The number of hydrogen-bond acceptors (Lipinski definition) is 8. The monoisotopic (exact) mass is 567 g/mol.